The number of carbonyl (C=O) groups excluding carboxylic acids is 1. The molecule has 0 radical (unpaired) electrons. The number of amides is 1. The monoisotopic (exact) mass is 309 g/mol. The average Bonchev–Trinajstić information content (AvgIpc) is 2.41. The van der Waals surface area contributed by atoms with Crippen LogP contribution in [0.5, 0.6) is 0 Å². The van der Waals surface area contributed by atoms with Crippen molar-refractivity contribution in [1.29, 1.82) is 0 Å². The molecule has 2 aromatic rings. The standard InChI is InChI=1S/C13H12FN3O3S/c14-8-4-5-12(15)11(6-8)13(18)17-9-2-1-3-10(7-9)21(16,19)20/h1-7H,15H2,(H,17,18)(H2,16,19,20). The van der Waals surface area contributed by atoms with Crippen LogP contribution in [-0.2, 0) is 10.0 Å². The predicted octanol–water partition coefficient (Wildman–Crippen LogP) is 1.31. The fourth-order valence-corrected chi connectivity index (χ4v) is 2.23. The van der Waals surface area contributed by atoms with Crippen molar-refractivity contribution >= 4 is 27.3 Å². The molecule has 0 saturated carbocycles. The Kier molecular flexibility index (Phi) is 3.92. The molecule has 2 rings (SSSR count). The van der Waals surface area contributed by atoms with E-state index in [1.54, 1.807) is 0 Å². The first-order chi connectivity index (χ1) is 9.77. The molecule has 0 atom stereocenters. The fraction of sp³-hybridized carbons (Fsp3) is 0. The van der Waals surface area contributed by atoms with Crippen molar-refractivity contribution in [2.75, 3.05) is 11.1 Å². The van der Waals surface area contributed by atoms with Gasteiger partial charge in [0.1, 0.15) is 5.82 Å². The Morgan fingerprint density at radius 2 is 1.86 bits per heavy atom. The number of carbonyl (C=O) groups is 1. The summed E-state index contributed by atoms with van der Waals surface area (Å²) in [7, 11) is -3.88. The highest BCUT2D eigenvalue weighted by Crippen LogP contribution is 2.18. The molecule has 6 nitrogen and oxygen atoms in total. The second-order valence-electron chi connectivity index (χ2n) is 4.26. The Hall–Kier alpha value is -2.45. The van der Waals surface area contributed by atoms with E-state index in [2.05, 4.69) is 5.32 Å². The minimum Gasteiger partial charge on any atom is -0.398 e. The zero-order chi connectivity index (χ0) is 15.6. The highest BCUT2D eigenvalue weighted by Gasteiger charge is 2.13. The van der Waals surface area contributed by atoms with Gasteiger partial charge in [0.05, 0.1) is 10.5 Å². The molecule has 5 N–H and O–H groups in total. The maximum Gasteiger partial charge on any atom is 0.257 e. The summed E-state index contributed by atoms with van der Waals surface area (Å²) in [5, 5.41) is 7.43. The van der Waals surface area contributed by atoms with Crippen LogP contribution in [-0.4, -0.2) is 14.3 Å². The van der Waals surface area contributed by atoms with Crippen molar-refractivity contribution in [3.8, 4) is 0 Å². The molecule has 110 valence electrons. The summed E-state index contributed by atoms with van der Waals surface area (Å²) in [4.78, 5) is 11.9. The number of benzene rings is 2. The molecule has 0 aliphatic rings. The van der Waals surface area contributed by atoms with E-state index in [9.17, 15) is 17.6 Å². The number of primary sulfonamides is 1. The zero-order valence-corrected chi connectivity index (χ0v) is 11.5. The maximum absolute atomic E-state index is 13.1. The number of hydrogen-bond donors (Lipinski definition) is 3. The van der Waals surface area contributed by atoms with Crippen LogP contribution in [0.4, 0.5) is 15.8 Å². The van der Waals surface area contributed by atoms with Crippen molar-refractivity contribution < 1.29 is 17.6 Å². The molecule has 0 aliphatic heterocycles. The number of hydrogen-bond acceptors (Lipinski definition) is 4. The third kappa shape index (κ3) is 3.56. The van der Waals surface area contributed by atoms with Gasteiger partial charge in [0.15, 0.2) is 0 Å². The number of anilines is 2. The summed E-state index contributed by atoms with van der Waals surface area (Å²) in [5.74, 6) is -1.26. The van der Waals surface area contributed by atoms with Gasteiger partial charge in [-0.15, -0.1) is 0 Å². The molecule has 0 aliphatic carbocycles. The van der Waals surface area contributed by atoms with Crippen LogP contribution >= 0.6 is 0 Å². The largest absolute Gasteiger partial charge is 0.398 e. The average molecular weight is 309 g/mol. The third-order valence-corrected chi connectivity index (χ3v) is 3.59. The highest BCUT2D eigenvalue weighted by atomic mass is 32.2. The van der Waals surface area contributed by atoms with E-state index in [0.29, 0.717) is 0 Å². The zero-order valence-electron chi connectivity index (χ0n) is 10.7. The molecule has 0 fully saturated rings. The van der Waals surface area contributed by atoms with E-state index in [0.717, 1.165) is 12.1 Å². The minimum atomic E-state index is -3.88. The van der Waals surface area contributed by atoms with E-state index in [1.165, 1.54) is 30.3 Å². The summed E-state index contributed by atoms with van der Waals surface area (Å²) in [5.41, 5.74) is 5.87. The number of nitrogens with two attached hydrogens (primary N) is 2. The van der Waals surface area contributed by atoms with Crippen LogP contribution in [0.15, 0.2) is 47.4 Å². The molecule has 0 spiro atoms. The summed E-state index contributed by atoms with van der Waals surface area (Å²) < 4.78 is 35.6. The quantitative estimate of drug-likeness (QED) is 0.741. The first-order valence-corrected chi connectivity index (χ1v) is 7.31. The predicted molar refractivity (Wildman–Crippen MR) is 76.6 cm³/mol. The Bertz CT molecular complexity index is 806. The van der Waals surface area contributed by atoms with Crippen molar-refractivity contribution in [3.05, 3.63) is 53.8 Å². The van der Waals surface area contributed by atoms with Gasteiger partial charge in [0.25, 0.3) is 5.91 Å². The van der Waals surface area contributed by atoms with Gasteiger partial charge >= 0.3 is 0 Å². The molecular weight excluding hydrogens is 297 g/mol. The van der Waals surface area contributed by atoms with Crippen LogP contribution < -0.4 is 16.2 Å². The second kappa shape index (κ2) is 5.51. The Labute approximate surface area is 120 Å². The normalized spacial score (nSPS) is 11.1. The van der Waals surface area contributed by atoms with Crippen molar-refractivity contribution in [2.24, 2.45) is 5.14 Å². The number of nitrogen functional groups attached to an aromatic ring is 1. The van der Waals surface area contributed by atoms with E-state index in [-0.39, 0.29) is 21.8 Å². The van der Waals surface area contributed by atoms with Gasteiger partial charge in [-0.25, -0.2) is 17.9 Å². The van der Waals surface area contributed by atoms with Crippen molar-refractivity contribution in [3.63, 3.8) is 0 Å². The van der Waals surface area contributed by atoms with Gasteiger partial charge in [0.2, 0.25) is 10.0 Å². The number of halogens is 1. The van der Waals surface area contributed by atoms with Gasteiger partial charge in [-0.05, 0) is 36.4 Å². The molecule has 8 heteroatoms. The van der Waals surface area contributed by atoms with Gasteiger partial charge < -0.3 is 11.1 Å². The van der Waals surface area contributed by atoms with Crippen LogP contribution in [0, 0.1) is 5.82 Å². The SMILES string of the molecule is Nc1ccc(F)cc1C(=O)Nc1cccc(S(N)(=O)=O)c1. The topological polar surface area (TPSA) is 115 Å². The van der Waals surface area contributed by atoms with E-state index in [1.807, 2.05) is 0 Å². The molecule has 1 amide bonds. The lowest BCUT2D eigenvalue weighted by Gasteiger charge is -2.08. The Morgan fingerprint density at radius 3 is 2.52 bits per heavy atom. The third-order valence-electron chi connectivity index (χ3n) is 2.68. The smallest absolute Gasteiger partial charge is 0.257 e. The summed E-state index contributed by atoms with van der Waals surface area (Å²) in [6.45, 7) is 0. The number of nitrogens with one attached hydrogen (secondary N) is 1. The van der Waals surface area contributed by atoms with Crippen LogP contribution in [0.25, 0.3) is 0 Å². The lowest BCUT2D eigenvalue weighted by atomic mass is 10.1. The first kappa shape index (κ1) is 14.9. The molecule has 0 heterocycles. The Balaban J connectivity index is 2.30. The van der Waals surface area contributed by atoms with Gasteiger partial charge in [-0.2, -0.15) is 0 Å². The number of rotatable bonds is 3. The van der Waals surface area contributed by atoms with E-state index >= 15 is 0 Å². The minimum absolute atomic E-state index is 0.0454. The van der Waals surface area contributed by atoms with Crippen molar-refractivity contribution in [2.45, 2.75) is 4.90 Å². The van der Waals surface area contributed by atoms with E-state index in [4.69, 9.17) is 10.9 Å². The first-order valence-electron chi connectivity index (χ1n) is 5.76. The maximum atomic E-state index is 13.1. The highest BCUT2D eigenvalue weighted by molar-refractivity contribution is 7.89. The lowest BCUT2D eigenvalue weighted by Crippen LogP contribution is -2.16. The molecular formula is C13H12FN3O3S. The molecule has 0 aromatic heterocycles. The summed E-state index contributed by atoms with van der Waals surface area (Å²) in [6.07, 6.45) is 0. The van der Waals surface area contributed by atoms with Crippen LogP contribution in [0.2, 0.25) is 0 Å². The van der Waals surface area contributed by atoms with Crippen molar-refractivity contribution in [1.82, 2.24) is 0 Å². The van der Waals surface area contributed by atoms with Crippen LogP contribution in [0.1, 0.15) is 10.4 Å². The fourth-order valence-electron chi connectivity index (χ4n) is 1.67. The van der Waals surface area contributed by atoms with E-state index < -0.39 is 21.7 Å². The lowest BCUT2D eigenvalue weighted by molar-refractivity contribution is 0.102. The molecule has 2 aromatic carbocycles. The summed E-state index contributed by atoms with van der Waals surface area (Å²) >= 11 is 0. The molecule has 21 heavy (non-hydrogen) atoms. The van der Waals surface area contributed by atoms with Crippen LogP contribution in [0.3, 0.4) is 0 Å². The van der Waals surface area contributed by atoms with Gasteiger partial charge in [-0.1, -0.05) is 6.07 Å². The van der Waals surface area contributed by atoms with Gasteiger partial charge in [0, 0.05) is 11.4 Å². The molecule has 0 unspecified atom stereocenters. The summed E-state index contributed by atoms with van der Waals surface area (Å²) in [6, 6.07) is 8.78. The molecule has 0 saturated heterocycles. The number of sulfonamides is 1. The Morgan fingerprint density at radius 1 is 1.14 bits per heavy atom. The second-order valence-corrected chi connectivity index (χ2v) is 5.82. The van der Waals surface area contributed by atoms with Gasteiger partial charge in [-0.3, -0.25) is 4.79 Å². The molecule has 0 bridgehead atoms.